The average molecular weight is 391 g/mol. The first-order valence-corrected chi connectivity index (χ1v) is 12.1. The second kappa shape index (κ2) is 6.11. The summed E-state index contributed by atoms with van der Waals surface area (Å²) in [4.78, 5) is -1.87. The van der Waals surface area contributed by atoms with Crippen LogP contribution in [-0.4, -0.2) is 21.7 Å². The Morgan fingerprint density at radius 3 is 0.950 bits per heavy atom. The van der Waals surface area contributed by atoms with Gasteiger partial charge >= 0.3 is 134 Å². The van der Waals surface area contributed by atoms with E-state index in [0.29, 0.717) is 0 Å². The van der Waals surface area contributed by atoms with Gasteiger partial charge in [0, 0.05) is 0 Å². The summed E-state index contributed by atoms with van der Waals surface area (Å²) >= 11 is 2.35. The summed E-state index contributed by atoms with van der Waals surface area (Å²) in [6.07, 6.45) is 0. The average Bonchev–Trinajstić information content (AvgIpc) is 2.56. The van der Waals surface area contributed by atoms with Crippen LogP contribution in [0, 0.1) is 0 Å². The Labute approximate surface area is 133 Å². The van der Waals surface area contributed by atoms with Gasteiger partial charge in [-0.3, -0.25) is 0 Å². The first-order valence-electron chi connectivity index (χ1n) is 6.69. The minimum atomic E-state index is -1.87. The second-order valence-electron chi connectivity index (χ2n) is 4.78. The fourth-order valence-corrected chi connectivity index (χ4v) is 9.00. The molecule has 0 unspecified atom stereocenters. The van der Waals surface area contributed by atoms with Crippen LogP contribution in [0.15, 0.2) is 91.0 Å². The van der Waals surface area contributed by atoms with Gasteiger partial charge in [-0.25, -0.2) is 0 Å². The number of hydrogen-bond acceptors (Lipinski definition) is 0. The van der Waals surface area contributed by atoms with Crippen molar-refractivity contribution in [3.05, 3.63) is 91.0 Å². The fourth-order valence-electron chi connectivity index (χ4n) is 2.52. The molecular formula is C18H16PTe. The van der Waals surface area contributed by atoms with E-state index in [1.807, 2.05) is 0 Å². The van der Waals surface area contributed by atoms with Crippen molar-refractivity contribution in [2.75, 3.05) is 0 Å². The van der Waals surface area contributed by atoms with Crippen LogP contribution >= 0.6 is 4.95 Å². The predicted octanol–water partition coefficient (Wildman–Crippen LogP) is 2.80. The summed E-state index contributed by atoms with van der Waals surface area (Å²) < 4.78 is 0. The van der Waals surface area contributed by atoms with Crippen LogP contribution in [0.25, 0.3) is 0 Å². The van der Waals surface area contributed by atoms with Crippen LogP contribution in [-0.2, 0) is 0 Å². The quantitative estimate of drug-likeness (QED) is 0.476. The molecule has 0 fully saturated rings. The van der Waals surface area contributed by atoms with Gasteiger partial charge < -0.3 is 0 Å². The zero-order valence-electron chi connectivity index (χ0n) is 11.1. The van der Waals surface area contributed by atoms with Crippen molar-refractivity contribution in [1.29, 1.82) is 0 Å². The molecule has 0 nitrogen and oxygen atoms in total. The Morgan fingerprint density at radius 2 is 0.700 bits per heavy atom. The standard InChI is InChI=1S/C18H16PTe/c20-19(16-10-4-1-5-11-16,17-12-6-2-7-13-17)18-14-8-3-9-15-18/h1-15,19H. The minimum absolute atomic E-state index is 1.46. The molecule has 0 bridgehead atoms. The third-order valence-electron chi connectivity index (χ3n) is 3.54. The molecule has 3 aromatic rings. The van der Waals surface area contributed by atoms with E-state index >= 15 is 0 Å². The van der Waals surface area contributed by atoms with Crippen LogP contribution in [0.4, 0.5) is 0 Å². The van der Waals surface area contributed by atoms with Crippen molar-refractivity contribution in [3.8, 4) is 0 Å². The second-order valence-corrected chi connectivity index (χ2v) is 13.1. The maximum absolute atomic E-state index is 2.35. The molecule has 0 N–H and O–H groups in total. The van der Waals surface area contributed by atoms with E-state index in [1.54, 1.807) is 0 Å². The molecule has 2 heteroatoms. The topological polar surface area (TPSA) is 0 Å². The van der Waals surface area contributed by atoms with Gasteiger partial charge in [0.2, 0.25) is 0 Å². The number of hydrogen-bond donors (Lipinski definition) is 0. The van der Waals surface area contributed by atoms with Crippen molar-refractivity contribution in [1.82, 2.24) is 0 Å². The first kappa shape index (κ1) is 13.8. The fraction of sp³-hybridized carbons (Fsp3) is 0. The van der Waals surface area contributed by atoms with Crippen LogP contribution in [0.3, 0.4) is 0 Å². The molecule has 0 amide bonds. The van der Waals surface area contributed by atoms with Gasteiger partial charge in [-0.1, -0.05) is 0 Å². The summed E-state index contributed by atoms with van der Waals surface area (Å²) in [5.74, 6) is 0. The van der Waals surface area contributed by atoms with E-state index in [0.717, 1.165) is 0 Å². The van der Waals surface area contributed by atoms with Crippen LogP contribution in [0.1, 0.15) is 0 Å². The Morgan fingerprint density at radius 1 is 0.450 bits per heavy atom. The molecule has 0 spiro atoms. The summed E-state index contributed by atoms with van der Waals surface area (Å²) in [6.45, 7) is 0. The molecule has 0 aromatic heterocycles. The van der Waals surface area contributed by atoms with Gasteiger partial charge in [0.15, 0.2) is 0 Å². The third kappa shape index (κ3) is 2.55. The van der Waals surface area contributed by atoms with Gasteiger partial charge in [-0.15, -0.1) is 0 Å². The van der Waals surface area contributed by atoms with Gasteiger partial charge in [-0.2, -0.15) is 0 Å². The summed E-state index contributed by atoms with van der Waals surface area (Å²) in [7, 11) is 0. The Balaban J connectivity index is 2.24. The van der Waals surface area contributed by atoms with Gasteiger partial charge in [0.05, 0.1) is 0 Å². The Kier molecular flexibility index (Phi) is 4.23. The molecular weight excluding hydrogens is 375 g/mol. The predicted molar refractivity (Wildman–Crippen MR) is 92.3 cm³/mol. The number of rotatable bonds is 3. The van der Waals surface area contributed by atoms with Crippen LogP contribution in [0.5, 0.6) is 0 Å². The molecule has 1 radical (unpaired) electrons. The molecule has 0 aliphatic heterocycles. The molecule has 99 valence electrons. The Bertz CT molecular complexity index is 569. The zero-order chi connectivity index (χ0) is 13.8. The van der Waals surface area contributed by atoms with Crippen molar-refractivity contribution in [2.24, 2.45) is 0 Å². The van der Waals surface area contributed by atoms with E-state index in [2.05, 4.69) is 113 Å². The van der Waals surface area contributed by atoms with E-state index in [4.69, 9.17) is 0 Å². The molecule has 0 saturated carbocycles. The van der Waals surface area contributed by atoms with Crippen molar-refractivity contribution in [3.63, 3.8) is 0 Å². The first-order chi connectivity index (χ1) is 9.82. The number of benzene rings is 3. The SMILES string of the molecule is [Te][PH](c1ccccc1)(c1ccccc1)c1ccccc1. The molecule has 0 aliphatic rings. The monoisotopic (exact) mass is 393 g/mol. The molecule has 0 heterocycles. The summed E-state index contributed by atoms with van der Waals surface area (Å²) in [5.41, 5.74) is 0. The molecule has 20 heavy (non-hydrogen) atoms. The van der Waals surface area contributed by atoms with Gasteiger partial charge in [0.1, 0.15) is 0 Å². The van der Waals surface area contributed by atoms with Crippen LogP contribution < -0.4 is 15.9 Å². The third-order valence-corrected chi connectivity index (χ3v) is 13.0. The van der Waals surface area contributed by atoms with Crippen molar-refractivity contribution in [2.45, 2.75) is 0 Å². The van der Waals surface area contributed by atoms with Crippen LogP contribution in [0.2, 0.25) is 0 Å². The van der Waals surface area contributed by atoms with Gasteiger partial charge in [0.25, 0.3) is 0 Å². The van der Waals surface area contributed by atoms with Crippen molar-refractivity contribution < 1.29 is 0 Å². The van der Waals surface area contributed by atoms with E-state index in [1.165, 1.54) is 15.9 Å². The molecule has 0 atom stereocenters. The summed E-state index contributed by atoms with van der Waals surface area (Å²) in [5, 5.41) is 4.38. The van der Waals surface area contributed by atoms with E-state index in [9.17, 15) is 0 Å². The molecule has 0 aliphatic carbocycles. The van der Waals surface area contributed by atoms with E-state index in [-0.39, 0.29) is 0 Å². The zero-order valence-corrected chi connectivity index (χ0v) is 14.4. The normalized spacial score (nSPS) is 12.1. The molecule has 3 aromatic carbocycles. The molecule has 3 rings (SSSR count). The summed E-state index contributed by atoms with van der Waals surface area (Å²) in [6, 6.07) is 32.8. The Hall–Kier alpha value is -1.12. The van der Waals surface area contributed by atoms with E-state index < -0.39 is 4.95 Å². The van der Waals surface area contributed by atoms with Crippen molar-refractivity contribution >= 4 is 42.6 Å². The molecule has 0 saturated heterocycles. The maximum atomic E-state index is 2.35. The van der Waals surface area contributed by atoms with Gasteiger partial charge in [-0.05, 0) is 0 Å².